The SMILES string of the molecule is Nc1ncc(C2CC(=O)c3c(nnc(-c4ccccc4)c3-c3ccccc3)O2)c(-c2cc(Cl)ccc2O)n1. The molecule has 0 aliphatic carbocycles. The maximum absolute atomic E-state index is 13.8. The Morgan fingerprint density at radius 2 is 1.61 bits per heavy atom. The van der Waals surface area contributed by atoms with Gasteiger partial charge in [-0.15, -0.1) is 10.2 Å². The number of anilines is 1. The zero-order valence-corrected chi connectivity index (χ0v) is 20.6. The molecule has 0 saturated carbocycles. The van der Waals surface area contributed by atoms with Crippen molar-refractivity contribution in [1.29, 1.82) is 0 Å². The Morgan fingerprint density at radius 3 is 2.34 bits per heavy atom. The molecule has 3 heterocycles. The summed E-state index contributed by atoms with van der Waals surface area (Å²) in [4.78, 5) is 22.3. The summed E-state index contributed by atoms with van der Waals surface area (Å²) in [6.45, 7) is 0. The molecule has 0 bridgehead atoms. The van der Waals surface area contributed by atoms with Crippen LogP contribution >= 0.6 is 11.6 Å². The Kier molecular flexibility index (Phi) is 5.94. The minimum absolute atomic E-state index is 0.00400. The Balaban J connectivity index is 1.50. The lowest BCUT2D eigenvalue weighted by Crippen LogP contribution is -2.24. The third-order valence-electron chi connectivity index (χ3n) is 6.35. The van der Waals surface area contributed by atoms with E-state index in [0.29, 0.717) is 38.7 Å². The predicted molar refractivity (Wildman–Crippen MR) is 144 cm³/mol. The van der Waals surface area contributed by atoms with Crippen LogP contribution in [0.2, 0.25) is 5.02 Å². The van der Waals surface area contributed by atoms with E-state index in [4.69, 9.17) is 22.1 Å². The second-order valence-electron chi connectivity index (χ2n) is 8.76. The van der Waals surface area contributed by atoms with Gasteiger partial charge in [0.15, 0.2) is 5.78 Å². The molecule has 186 valence electrons. The molecule has 6 rings (SSSR count). The number of fused-ring (bicyclic) bond motifs is 1. The summed E-state index contributed by atoms with van der Waals surface area (Å²) >= 11 is 6.19. The lowest BCUT2D eigenvalue weighted by molar-refractivity contribution is 0.0838. The van der Waals surface area contributed by atoms with Gasteiger partial charge < -0.3 is 15.6 Å². The van der Waals surface area contributed by atoms with Crippen molar-refractivity contribution in [3.8, 4) is 45.3 Å². The highest BCUT2D eigenvalue weighted by molar-refractivity contribution is 6.31. The summed E-state index contributed by atoms with van der Waals surface area (Å²) in [5.74, 6) is -0.0950. The highest BCUT2D eigenvalue weighted by atomic mass is 35.5. The number of carbonyl (C=O) groups excluding carboxylic acids is 1. The number of rotatable bonds is 4. The molecule has 3 N–H and O–H groups in total. The summed E-state index contributed by atoms with van der Waals surface area (Å²) in [7, 11) is 0. The predicted octanol–water partition coefficient (Wildman–Crippen LogP) is 5.92. The van der Waals surface area contributed by atoms with E-state index in [1.165, 1.54) is 12.3 Å². The normalized spacial score (nSPS) is 14.6. The Hall–Kier alpha value is -4.82. The summed E-state index contributed by atoms with van der Waals surface area (Å²) in [5.41, 5.74) is 10.3. The second kappa shape index (κ2) is 9.57. The van der Waals surface area contributed by atoms with E-state index in [2.05, 4.69) is 20.2 Å². The number of aromatic hydroxyl groups is 1. The number of ether oxygens (including phenoxy) is 1. The number of nitrogens with two attached hydrogens (primary N) is 1. The van der Waals surface area contributed by atoms with Crippen LogP contribution in [0.1, 0.15) is 28.4 Å². The molecule has 0 radical (unpaired) electrons. The van der Waals surface area contributed by atoms with E-state index < -0.39 is 6.10 Å². The van der Waals surface area contributed by atoms with Gasteiger partial charge in [-0.2, -0.15) is 0 Å². The first kappa shape index (κ1) is 23.6. The molecule has 9 heteroatoms. The fourth-order valence-corrected chi connectivity index (χ4v) is 4.79. The number of nitrogen functional groups attached to an aromatic ring is 1. The quantitative estimate of drug-likeness (QED) is 0.299. The van der Waals surface area contributed by atoms with Gasteiger partial charge in [-0.25, -0.2) is 9.97 Å². The first-order valence-corrected chi connectivity index (χ1v) is 12.2. The molecule has 5 aromatic rings. The number of carbonyl (C=O) groups is 1. The number of phenols is 1. The molecule has 38 heavy (non-hydrogen) atoms. The van der Waals surface area contributed by atoms with Crippen molar-refractivity contribution in [2.45, 2.75) is 12.5 Å². The van der Waals surface area contributed by atoms with E-state index in [-0.39, 0.29) is 29.8 Å². The number of phenolic OH excluding ortho intramolecular Hbond substituents is 1. The van der Waals surface area contributed by atoms with Gasteiger partial charge in [0.25, 0.3) is 0 Å². The van der Waals surface area contributed by atoms with E-state index >= 15 is 0 Å². The van der Waals surface area contributed by atoms with Gasteiger partial charge in [0.05, 0.1) is 17.7 Å². The average Bonchev–Trinajstić information content (AvgIpc) is 2.94. The number of hydrogen-bond donors (Lipinski definition) is 2. The first-order chi connectivity index (χ1) is 18.5. The van der Waals surface area contributed by atoms with Gasteiger partial charge in [-0.05, 0) is 23.8 Å². The van der Waals surface area contributed by atoms with E-state index in [1.54, 1.807) is 12.1 Å². The van der Waals surface area contributed by atoms with Gasteiger partial charge >= 0.3 is 0 Å². The molecule has 3 aromatic carbocycles. The van der Waals surface area contributed by atoms with Crippen LogP contribution in [0.15, 0.2) is 85.1 Å². The van der Waals surface area contributed by atoms with E-state index in [9.17, 15) is 9.90 Å². The molecule has 0 spiro atoms. The Labute approximate surface area is 222 Å². The summed E-state index contributed by atoms with van der Waals surface area (Å²) in [6.07, 6.45) is 0.698. The van der Waals surface area contributed by atoms with Crippen molar-refractivity contribution in [1.82, 2.24) is 20.2 Å². The third kappa shape index (κ3) is 4.21. The number of nitrogens with zero attached hydrogens (tertiary/aromatic N) is 4. The summed E-state index contributed by atoms with van der Waals surface area (Å²) in [5, 5.41) is 19.7. The monoisotopic (exact) mass is 521 g/mol. The zero-order valence-electron chi connectivity index (χ0n) is 19.9. The van der Waals surface area contributed by atoms with Crippen LogP contribution in [0.5, 0.6) is 11.6 Å². The maximum atomic E-state index is 13.8. The fourth-order valence-electron chi connectivity index (χ4n) is 4.62. The van der Waals surface area contributed by atoms with Crippen LogP contribution < -0.4 is 10.5 Å². The average molecular weight is 522 g/mol. The minimum atomic E-state index is -0.788. The molecular weight excluding hydrogens is 502 g/mol. The van der Waals surface area contributed by atoms with Crippen LogP contribution in [0, 0.1) is 0 Å². The van der Waals surface area contributed by atoms with Crippen LogP contribution in [0.4, 0.5) is 5.95 Å². The number of Topliss-reactive ketones (excluding diaryl/α,β-unsaturated/α-hetero) is 1. The van der Waals surface area contributed by atoms with Crippen LogP contribution in [-0.4, -0.2) is 31.1 Å². The fraction of sp³-hybridized carbons (Fsp3) is 0.0690. The number of halogens is 1. The summed E-state index contributed by atoms with van der Waals surface area (Å²) < 4.78 is 6.28. The van der Waals surface area contributed by atoms with Crippen molar-refractivity contribution >= 4 is 23.3 Å². The third-order valence-corrected chi connectivity index (χ3v) is 6.59. The van der Waals surface area contributed by atoms with Crippen molar-refractivity contribution in [3.63, 3.8) is 0 Å². The number of hydrogen-bond acceptors (Lipinski definition) is 8. The van der Waals surface area contributed by atoms with Gasteiger partial charge in [-0.3, -0.25) is 4.79 Å². The molecule has 1 aliphatic rings. The van der Waals surface area contributed by atoms with Gasteiger partial charge in [-0.1, -0.05) is 72.3 Å². The lowest BCUT2D eigenvalue weighted by Gasteiger charge is -2.27. The molecule has 0 saturated heterocycles. The maximum Gasteiger partial charge on any atom is 0.245 e. The number of benzene rings is 3. The molecule has 1 unspecified atom stereocenters. The molecule has 0 amide bonds. The lowest BCUT2D eigenvalue weighted by atomic mass is 9.89. The molecular formula is C29H20ClN5O3. The van der Waals surface area contributed by atoms with Gasteiger partial charge in [0.1, 0.15) is 17.5 Å². The first-order valence-electron chi connectivity index (χ1n) is 11.8. The molecule has 0 fully saturated rings. The van der Waals surface area contributed by atoms with Crippen molar-refractivity contribution in [3.05, 3.63) is 101 Å². The Morgan fingerprint density at radius 1 is 0.895 bits per heavy atom. The smallest absolute Gasteiger partial charge is 0.245 e. The van der Waals surface area contributed by atoms with Gasteiger partial charge in [0, 0.05) is 33.5 Å². The highest BCUT2D eigenvalue weighted by Gasteiger charge is 2.35. The van der Waals surface area contributed by atoms with Gasteiger partial charge in [0.2, 0.25) is 11.8 Å². The second-order valence-corrected chi connectivity index (χ2v) is 9.20. The minimum Gasteiger partial charge on any atom is -0.507 e. The molecule has 1 aliphatic heterocycles. The van der Waals surface area contributed by atoms with E-state index in [0.717, 1.165) is 11.1 Å². The van der Waals surface area contributed by atoms with E-state index in [1.807, 2.05) is 60.7 Å². The van der Waals surface area contributed by atoms with Crippen LogP contribution in [0.3, 0.4) is 0 Å². The van der Waals surface area contributed by atoms with Crippen LogP contribution in [0.25, 0.3) is 33.6 Å². The molecule has 8 nitrogen and oxygen atoms in total. The van der Waals surface area contributed by atoms with Crippen molar-refractivity contribution in [2.75, 3.05) is 5.73 Å². The number of ketones is 1. The largest absolute Gasteiger partial charge is 0.507 e. The molecule has 2 aromatic heterocycles. The molecule has 1 atom stereocenters. The Bertz CT molecular complexity index is 1680. The van der Waals surface area contributed by atoms with Crippen LogP contribution in [-0.2, 0) is 0 Å². The number of aromatic nitrogens is 4. The zero-order chi connectivity index (χ0) is 26.2. The topological polar surface area (TPSA) is 124 Å². The van der Waals surface area contributed by atoms with Crippen molar-refractivity contribution in [2.24, 2.45) is 0 Å². The standard InChI is InChI=1S/C29H20ClN5O3/c30-18-11-12-21(36)19(13-18)27-20(15-32-29(31)33-27)23-14-22(37)25-24(16-7-3-1-4-8-16)26(34-35-28(25)38-23)17-9-5-2-6-10-17/h1-13,15,23,36H,14H2,(H2,31,32,33). The summed E-state index contributed by atoms with van der Waals surface area (Å²) in [6, 6.07) is 23.8. The highest BCUT2D eigenvalue weighted by Crippen LogP contribution is 2.44. The van der Waals surface area contributed by atoms with Crippen molar-refractivity contribution < 1.29 is 14.6 Å².